The van der Waals surface area contributed by atoms with Gasteiger partial charge in [0.25, 0.3) is 0 Å². The molecule has 0 amide bonds. The highest BCUT2D eigenvalue weighted by atomic mass is 16.3. The maximum absolute atomic E-state index is 9.19. The van der Waals surface area contributed by atoms with Crippen LogP contribution in [0.1, 0.15) is 32.1 Å². The summed E-state index contributed by atoms with van der Waals surface area (Å²) in [6.45, 7) is 7.78. The van der Waals surface area contributed by atoms with Crippen molar-refractivity contribution in [2.24, 2.45) is 5.92 Å². The highest BCUT2D eigenvalue weighted by molar-refractivity contribution is 4.74. The molecule has 2 heterocycles. The third-order valence-electron chi connectivity index (χ3n) is 4.04. The highest BCUT2D eigenvalue weighted by Gasteiger charge is 2.19. The highest BCUT2D eigenvalue weighted by Crippen LogP contribution is 2.16. The lowest BCUT2D eigenvalue weighted by Gasteiger charge is -2.34. The minimum atomic E-state index is 0.375. The number of nitrogens with zero attached hydrogens (tertiary/aromatic N) is 2. The standard InChI is InChI=1S/C13H26N2O/c16-12-13-5-4-8-15(11-13)10-9-14-6-2-1-3-7-14/h13,16H,1-12H2. The Balaban J connectivity index is 1.64. The van der Waals surface area contributed by atoms with Crippen LogP contribution in [0.5, 0.6) is 0 Å². The van der Waals surface area contributed by atoms with Gasteiger partial charge in [0.15, 0.2) is 0 Å². The molecule has 2 fully saturated rings. The minimum absolute atomic E-state index is 0.375. The van der Waals surface area contributed by atoms with Gasteiger partial charge in [-0.05, 0) is 51.2 Å². The Morgan fingerprint density at radius 1 is 0.875 bits per heavy atom. The normalized spacial score (nSPS) is 29.4. The number of hydrogen-bond acceptors (Lipinski definition) is 3. The zero-order valence-corrected chi connectivity index (χ0v) is 10.4. The Morgan fingerprint density at radius 2 is 1.56 bits per heavy atom. The van der Waals surface area contributed by atoms with Gasteiger partial charge in [0, 0.05) is 26.2 Å². The van der Waals surface area contributed by atoms with Crippen molar-refractivity contribution < 1.29 is 5.11 Å². The molecule has 2 rings (SSSR count). The average molecular weight is 226 g/mol. The Kier molecular flexibility index (Phi) is 5.07. The maximum atomic E-state index is 9.19. The molecule has 0 aromatic carbocycles. The van der Waals surface area contributed by atoms with E-state index >= 15 is 0 Å². The van der Waals surface area contributed by atoms with Gasteiger partial charge in [0.05, 0.1) is 0 Å². The lowest BCUT2D eigenvalue weighted by molar-refractivity contribution is 0.105. The molecular weight excluding hydrogens is 200 g/mol. The van der Waals surface area contributed by atoms with Crippen molar-refractivity contribution in [3.8, 4) is 0 Å². The average Bonchev–Trinajstić information content (AvgIpc) is 2.38. The zero-order valence-electron chi connectivity index (χ0n) is 10.4. The fourth-order valence-corrected chi connectivity index (χ4v) is 2.97. The van der Waals surface area contributed by atoms with Crippen molar-refractivity contribution in [1.29, 1.82) is 0 Å². The van der Waals surface area contributed by atoms with Gasteiger partial charge >= 0.3 is 0 Å². The molecular formula is C13H26N2O. The predicted molar refractivity (Wildman–Crippen MR) is 66.5 cm³/mol. The van der Waals surface area contributed by atoms with Crippen LogP contribution in [0.15, 0.2) is 0 Å². The molecule has 0 aromatic heterocycles. The van der Waals surface area contributed by atoms with Crippen LogP contribution in [0.3, 0.4) is 0 Å². The van der Waals surface area contributed by atoms with Crippen molar-refractivity contribution >= 4 is 0 Å². The third-order valence-corrected chi connectivity index (χ3v) is 4.04. The second-order valence-electron chi connectivity index (χ2n) is 5.39. The van der Waals surface area contributed by atoms with Crippen LogP contribution in [0.25, 0.3) is 0 Å². The van der Waals surface area contributed by atoms with Crippen LogP contribution in [0.4, 0.5) is 0 Å². The summed E-state index contributed by atoms with van der Waals surface area (Å²) in [6, 6.07) is 0. The fraction of sp³-hybridized carbons (Fsp3) is 1.00. The Labute approximate surface area is 99.4 Å². The molecule has 1 atom stereocenters. The van der Waals surface area contributed by atoms with E-state index in [-0.39, 0.29) is 0 Å². The van der Waals surface area contributed by atoms with E-state index in [0.717, 1.165) is 6.54 Å². The number of likely N-dealkylation sites (tertiary alicyclic amines) is 2. The van der Waals surface area contributed by atoms with Gasteiger partial charge in [0.2, 0.25) is 0 Å². The van der Waals surface area contributed by atoms with Gasteiger partial charge in [-0.15, -0.1) is 0 Å². The topological polar surface area (TPSA) is 26.7 Å². The van der Waals surface area contributed by atoms with E-state index in [1.54, 1.807) is 0 Å². The monoisotopic (exact) mass is 226 g/mol. The Hall–Kier alpha value is -0.120. The lowest BCUT2D eigenvalue weighted by Crippen LogP contribution is -2.42. The summed E-state index contributed by atoms with van der Waals surface area (Å²) in [5.41, 5.74) is 0. The van der Waals surface area contributed by atoms with Crippen molar-refractivity contribution in [2.75, 3.05) is 45.9 Å². The van der Waals surface area contributed by atoms with Crippen molar-refractivity contribution in [1.82, 2.24) is 9.80 Å². The number of aliphatic hydroxyl groups excluding tert-OH is 1. The first-order chi connectivity index (χ1) is 7.88. The van der Waals surface area contributed by atoms with E-state index in [0.29, 0.717) is 12.5 Å². The number of aliphatic hydroxyl groups is 1. The molecule has 3 heteroatoms. The van der Waals surface area contributed by atoms with E-state index in [9.17, 15) is 5.11 Å². The molecule has 0 radical (unpaired) electrons. The molecule has 0 aromatic rings. The second kappa shape index (κ2) is 6.58. The van der Waals surface area contributed by atoms with Crippen LogP contribution < -0.4 is 0 Å². The van der Waals surface area contributed by atoms with Crippen LogP contribution in [-0.2, 0) is 0 Å². The molecule has 2 saturated heterocycles. The SMILES string of the molecule is OCC1CCCN(CCN2CCCCC2)C1. The molecule has 0 spiro atoms. The van der Waals surface area contributed by atoms with Crippen molar-refractivity contribution in [3.05, 3.63) is 0 Å². The van der Waals surface area contributed by atoms with Gasteiger partial charge < -0.3 is 14.9 Å². The molecule has 1 unspecified atom stereocenters. The maximum Gasteiger partial charge on any atom is 0.0471 e. The molecule has 1 N–H and O–H groups in total. The first kappa shape index (κ1) is 12.3. The largest absolute Gasteiger partial charge is 0.396 e. The molecule has 94 valence electrons. The van der Waals surface area contributed by atoms with Crippen LogP contribution in [0.2, 0.25) is 0 Å². The van der Waals surface area contributed by atoms with E-state index in [1.807, 2.05) is 0 Å². The van der Waals surface area contributed by atoms with Gasteiger partial charge in [-0.25, -0.2) is 0 Å². The van der Waals surface area contributed by atoms with E-state index in [1.165, 1.54) is 64.8 Å². The summed E-state index contributed by atoms with van der Waals surface area (Å²) in [7, 11) is 0. The summed E-state index contributed by atoms with van der Waals surface area (Å²) in [6.07, 6.45) is 6.69. The smallest absolute Gasteiger partial charge is 0.0471 e. The molecule has 0 bridgehead atoms. The molecule has 16 heavy (non-hydrogen) atoms. The van der Waals surface area contributed by atoms with Crippen LogP contribution in [0, 0.1) is 5.92 Å². The molecule has 3 nitrogen and oxygen atoms in total. The summed E-state index contributed by atoms with van der Waals surface area (Å²) in [4.78, 5) is 5.14. The third kappa shape index (κ3) is 3.72. The summed E-state index contributed by atoms with van der Waals surface area (Å²) in [5.74, 6) is 0.537. The van der Waals surface area contributed by atoms with E-state index in [4.69, 9.17) is 0 Å². The van der Waals surface area contributed by atoms with Gasteiger partial charge in [-0.3, -0.25) is 0 Å². The minimum Gasteiger partial charge on any atom is -0.396 e. The van der Waals surface area contributed by atoms with Gasteiger partial charge in [0.1, 0.15) is 0 Å². The van der Waals surface area contributed by atoms with Crippen molar-refractivity contribution in [3.63, 3.8) is 0 Å². The quantitative estimate of drug-likeness (QED) is 0.780. The molecule has 2 aliphatic heterocycles. The van der Waals surface area contributed by atoms with Crippen LogP contribution >= 0.6 is 0 Å². The van der Waals surface area contributed by atoms with E-state index in [2.05, 4.69) is 9.80 Å². The Bertz CT molecular complexity index is 192. The first-order valence-electron chi connectivity index (χ1n) is 6.94. The van der Waals surface area contributed by atoms with Gasteiger partial charge in [-0.2, -0.15) is 0 Å². The lowest BCUT2D eigenvalue weighted by atomic mass is 9.99. The van der Waals surface area contributed by atoms with Crippen LogP contribution in [-0.4, -0.2) is 60.8 Å². The fourth-order valence-electron chi connectivity index (χ4n) is 2.97. The predicted octanol–water partition coefficient (Wildman–Crippen LogP) is 1.18. The Morgan fingerprint density at radius 3 is 2.31 bits per heavy atom. The molecule has 0 saturated carbocycles. The second-order valence-corrected chi connectivity index (χ2v) is 5.39. The summed E-state index contributed by atoms with van der Waals surface area (Å²) in [5, 5.41) is 9.19. The van der Waals surface area contributed by atoms with Gasteiger partial charge in [-0.1, -0.05) is 6.42 Å². The number of piperidine rings is 2. The number of hydrogen-bond donors (Lipinski definition) is 1. The van der Waals surface area contributed by atoms with Crippen molar-refractivity contribution in [2.45, 2.75) is 32.1 Å². The summed E-state index contributed by atoms with van der Waals surface area (Å²) < 4.78 is 0. The first-order valence-corrected chi connectivity index (χ1v) is 6.94. The molecule has 2 aliphatic rings. The zero-order chi connectivity index (χ0) is 11.2. The number of rotatable bonds is 4. The van der Waals surface area contributed by atoms with E-state index < -0.39 is 0 Å². The molecule has 0 aliphatic carbocycles. The summed E-state index contributed by atoms with van der Waals surface area (Å²) >= 11 is 0.